The van der Waals surface area contributed by atoms with E-state index < -0.39 is 5.60 Å². The number of rotatable bonds is 3. The van der Waals surface area contributed by atoms with E-state index in [9.17, 15) is 5.11 Å². The highest BCUT2D eigenvalue weighted by molar-refractivity contribution is 4.88. The van der Waals surface area contributed by atoms with Crippen LogP contribution in [0, 0.1) is 5.92 Å². The van der Waals surface area contributed by atoms with Crippen molar-refractivity contribution in [2.45, 2.75) is 57.7 Å². The average Bonchev–Trinajstić information content (AvgIpc) is 2.18. The Labute approximate surface area is 81.3 Å². The molecule has 1 fully saturated rings. The van der Waals surface area contributed by atoms with E-state index in [1.165, 1.54) is 19.3 Å². The second-order valence-electron chi connectivity index (χ2n) is 4.44. The zero-order valence-electron chi connectivity index (χ0n) is 9.05. The number of hydrogen-bond acceptors (Lipinski definition) is 2. The molecule has 0 radical (unpaired) electrons. The highest BCUT2D eigenvalue weighted by Crippen LogP contribution is 2.35. The Balaban J connectivity index is 2.55. The molecule has 2 unspecified atom stereocenters. The SMILES string of the molecule is COC(C)C(C)(O)C1CCCCC1. The third kappa shape index (κ3) is 2.44. The smallest absolute Gasteiger partial charge is 0.0905 e. The maximum atomic E-state index is 10.3. The maximum Gasteiger partial charge on any atom is 0.0905 e. The molecule has 0 saturated heterocycles. The van der Waals surface area contributed by atoms with Crippen LogP contribution in [0.15, 0.2) is 0 Å². The van der Waals surface area contributed by atoms with Crippen LogP contribution in [0.3, 0.4) is 0 Å². The van der Waals surface area contributed by atoms with E-state index in [-0.39, 0.29) is 6.10 Å². The van der Waals surface area contributed by atoms with E-state index in [0.29, 0.717) is 5.92 Å². The number of methoxy groups -OCH3 is 1. The summed E-state index contributed by atoms with van der Waals surface area (Å²) >= 11 is 0. The molecule has 0 heterocycles. The van der Waals surface area contributed by atoms with Gasteiger partial charge in [-0.1, -0.05) is 19.3 Å². The Hall–Kier alpha value is -0.0800. The summed E-state index contributed by atoms with van der Waals surface area (Å²) in [5.41, 5.74) is -0.644. The van der Waals surface area contributed by atoms with Crippen LogP contribution in [0.4, 0.5) is 0 Å². The van der Waals surface area contributed by atoms with Gasteiger partial charge in [0, 0.05) is 7.11 Å². The van der Waals surface area contributed by atoms with E-state index in [4.69, 9.17) is 4.74 Å². The lowest BCUT2D eigenvalue weighted by Crippen LogP contribution is -2.46. The Morgan fingerprint density at radius 1 is 1.31 bits per heavy atom. The Morgan fingerprint density at radius 2 is 1.85 bits per heavy atom. The second-order valence-corrected chi connectivity index (χ2v) is 4.44. The second kappa shape index (κ2) is 4.43. The first kappa shape index (κ1) is 11.0. The van der Waals surface area contributed by atoms with Gasteiger partial charge in [-0.3, -0.25) is 0 Å². The van der Waals surface area contributed by atoms with Gasteiger partial charge in [-0.15, -0.1) is 0 Å². The third-order valence-electron chi connectivity index (χ3n) is 3.61. The van der Waals surface area contributed by atoms with Crippen molar-refractivity contribution in [2.24, 2.45) is 5.92 Å². The molecule has 13 heavy (non-hydrogen) atoms. The normalized spacial score (nSPS) is 26.8. The van der Waals surface area contributed by atoms with Crippen LogP contribution in [-0.4, -0.2) is 23.9 Å². The number of ether oxygens (including phenoxy) is 1. The molecule has 0 spiro atoms. The van der Waals surface area contributed by atoms with Crippen molar-refractivity contribution < 1.29 is 9.84 Å². The van der Waals surface area contributed by atoms with Gasteiger partial charge in [0.2, 0.25) is 0 Å². The quantitative estimate of drug-likeness (QED) is 0.733. The third-order valence-corrected chi connectivity index (χ3v) is 3.61. The summed E-state index contributed by atoms with van der Waals surface area (Å²) in [6.07, 6.45) is 6.10. The van der Waals surface area contributed by atoms with Crippen LogP contribution >= 0.6 is 0 Å². The van der Waals surface area contributed by atoms with E-state index in [2.05, 4.69) is 0 Å². The molecule has 2 nitrogen and oxygen atoms in total. The summed E-state index contributed by atoms with van der Waals surface area (Å²) in [6, 6.07) is 0. The Kier molecular flexibility index (Phi) is 3.74. The first-order valence-electron chi connectivity index (χ1n) is 5.34. The molecule has 0 bridgehead atoms. The largest absolute Gasteiger partial charge is 0.387 e. The molecule has 1 saturated carbocycles. The minimum Gasteiger partial charge on any atom is -0.387 e. The van der Waals surface area contributed by atoms with Crippen molar-refractivity contribution in [3.05, 3.63) is 0 Å². The molecule has 1 N–H and O–H groups in total. The molecule has 1 aliphatic rings. The highest BCUT2D eigenvalue weighted by atomic mass is 16.5. The fraction of sp³-hybridized carbons (Fsp3) is 1.00. The van der Waals surface area contributed by atoms with Crippen molar-refractivity contribution in [1.82, 2.24) is 0 Å². The van der Waals surface area contributed by atoms with Gasteiger partial charge >= 0.3 is 0 Å². The predicted molar refractivity (Wildman–Crippen MR) is 53.7 cm³/mol. The molecule has 78 valence electrons. The van der Waals surface area contributed by atoms with Crippen molar-refractivity contribution in [3.8, 4) is 0 Å². The van der Waals surface area contributed by atoms with Crippen LogP contribution in [0.25, 0.3) is 0 Å². The van der Waals surface area contributed by atoms with Crippen molar-refractivity contribution in [2.75, 3.05) is 7.11 Å². The molecule has 0 aromatic rings. The monoisotopic (exact) mass is 186 g/mol. The lowest BCUT2D eigenvalue weighted by molar-refractivity contribution is -0.116. The summed E-state index contributed by atoms with van der Waals surface area (Å²) in [4.78, 5) is 0. The van der Waals surface area contributed by atoms with Crippen molar-refractivity contribution in [1.29, 1.82) is 0 Å². The van der Waals surface area contributed by atoms with Gasteiger partial charge < -0.3 is 9.84 Å². The molecular formula is C11H22O2. The molecule has 0 amide bonds. The van der Waals surface area contributed by atoms with Crippen LogP contribution < -0.4 is 0 Å². The molecule has 2 heteroatoms. The molecule has 0 aromatic carbocycles. The molecule has 0 aliphatic heterocycles. The van der Waals surface area contributed by atoms with Crippen molar-refractivity contribution >= 4 is 0 Å². The van der Waals surface area contributed by atoms with Gasteiger partial charge in [0.15, 0.2) is 0 Å². The summed E-state index contributed by atoms with van der Waals surface area (Å²) in [5, 5.41) is 10.3. The molecule has 1 aliphatic carbocycles. The van der Waals surface area contributed by atoms with Crippen molar-refractivity contribution in [3.63, 3.8) is 0 Å². The Morgan fingerprint density at radius 3 is 2.31 bits per heavy atom. The predicted octanol–water partition coefficient (Wildman–Crippen LogP) is 2.35. The highest BCUT2D eigenvalue weighted by Gasteiger charge is 2.37. The molecule has 0 aromatic heterocycles. The van der Waals surface area contributed by atoms with E-state index in [1.54, 1.807) is 7.11 Å². The van der Waals surface area contributed by atoms with E-state index in [0.717, 1.165) is 12.8 Å². The standard InChI is InChI=1S/C11H22O2/c1-9(13-3)11(2,12)10-7-5-4-6-8-10/h9-10,12H,4-8H2,1-3H3. The zero-order valence-corrected chi connectivity index (χ0v) is 9.05. The van der Waals surface area contributed by atoms with Gasteiger partial charge in [-0.2, -0.15) is 0 Å². The number of aliphatic hydroxyl groups is 1. The fourth-order valence-electron chi connectivity index (χ4n) is 2.26. The minimum absolute atomic E-state index is 0.0596. The van der Waals surface area contributed by atoms with Gasteiger partial charge in [0.05, 0.1) is 11.7 Å². The van der Waals surface area contributed by atoms with Crippen LogP contribution in [-0.2, 0) is 4.74 Å². The van der Waals surface area contributed by atoms with Gasteiger partial charge in [-0.25, -0.2) is 0 Å². The summed E-state index contributed by atoms with van der Waals surface area (Å²) < 4.78 is 5.22. The van der Waals surface area contributed by atoms with E-state index >= 15 is 0 Å². The molecule has 2 atom stereocenters. The summed E-state index contributed by atoms with van der Waals surface area (Å²) in [7, 11) is 1.67. The van der Waals surface area contributed by atoms with Crippen LogP contribution in [0.1, 0.15) is 46.0 Å². The van der Waals surface area contributed by atoms with Gasteiger partial charge in [-0.05, 0) is 32.6 Å². The first-order chi connectivity index (χ1) is 6.09. The minimum atomic E-state index is -0.644. The molecule has 1 rings (SSSR count). The van der Waals surface area contributed by atoms with Crippen LogP contribution in [0.5, 0.6) is 0 Å². The maximum absolute atomic E-state index is 10.3. The lowest BCUT2D eigenvalue weighted by atomic mass is 9.75. The zero-order chi connectivity index (χ0) is 9.90. The fourth-order valence-corrected chi connectivity index (χ4v) is 2.26. The number of hydrogen-bond donors (Lipinski definition) is 1. The summed E-state index contributed by atoms with van der Waals surface area (Å²) in [5.74, 6) is 0.427. The van der Waals surface area contributed by atoms with Gasteiger partial charge in [0.1, 0.15) is 0 Å². The summed E-state index contributed by atoms with van der Waals surface area (Å²) in [6.45, 7) is 3.87. The Bertz CT molecular complexity index is 148. The average molecular weight is 186 g/mol. The molecular weight excluding hydrogens is 164 g/mol. The van der Waals surface area contributed by atoms with Crippen LogP contribution in [0.2, 0.25) is 0 Å². The van der Waals surface area contributed by atoms with E-state index in [1.807, 2.05) is 13.8 Å². The lowest BCUT2D eigenvalue weighted by Gasteiger charge is -2.39. The first-order valence-corrected chi connectivity index (χ1v) is 5.34. The van der Waals surface area contributed by atoms with Gasteiger partial charge in [0.25, 0.3) is 0 Å². The topological polar surface area (TPSA) is 29.5 Å².